The molecule has 0 radical (unpaired) electrons. The fraction of sp³-hybridized carbons (Fsp3) is 0.429. The SMILES string of the molecule is COc1cc(N2CC(=O)NC(C3CC3)C2=O)c(Br)cc1Br. The molecule has 7 heteroatoms. The second-order valence-electron chi connectivity index (χ2n) is 5.25. The van der Waals surface area contributed by atoms with Crippen LogP contribution in [0.3, 0.4) is 0 Å². The third kappa shape index (κ3) is 2.81. The van der Waals surface area contributed by atoms with Crippen molar-refractivity contribution < 1.29 is 14.3 Å². The molecule has 0 bridgehead atoms. The molecule has 1 saturated carbocycles. The Morgan fingerprint density at radius 3 is 2.57 bits per heavy atom. The molecule has 1 saturated heterocycles. The van der Waals surface area contributed by atoms with E-state index in [9.17, 15) is 9.59 Å². The highest BCUT2D eigenvalue weighted by Crippen LogP contribution is 2.39. The van der Waals surface area contributed by atoms with Gasteiger partial charge in [0.2, 0.25) is 11.8 Å². The van der Waals surface area contributed by atoms with Crippen molar-refractivity contribution in [3.05, 3.63) is 21.1 Å². The van der Waals surface area contributed by atoms with E-state index in [1.807, 2.05) is 6.07 Å². The van der Waals surface area contributed by atoms with Gasteiger partial charge in [-0.05, 0) is 56.7 Å². The first-order valence-corrected chi connectivity index (χ1v) is 8.23. The Hall–Kier alpha value is -1.08. The zero-order valence-electron chi connectivity index (χ0n) is 11.4. The van der Waals surface area contributed by atoms with Gasteiger partial charge in [-0.25, -0.2) is 0 Å². The van der Waals surface area contributed by atoms with Gasteiger partial charge in [0.1, 0.15) is 18.3 Å². The van der Waals surface area contributed by atoms with Crippen LogP contribution in [0.15, 0.2) is 21.1 Å². The average molecular weight is 418 g/mol. The van der Waals surface area contributed by atoms with Gasteiger partial charge in [-0.2, -0.15) is 0 Å². The van der Waals surface area contributed by atoms with Crippen LogP contribution in [0, 0.1) is 5.92 Å². The van der Waals surface area contributed by atoms with Crippen molar-refractivity contribution in [2.45, 2.75) is 18.9 Å². The Labute approximate surface area is 139 Å². The third-order valence-electron chi connectivity index (χ3n) is 3.76. The Kier molecular flexibility index (Phi) is 3.96. The molecule has 1 atom stereocenters. The van der Waals surface area contributed by atoms with Crippen LogP contribution in [0.1, 0.15) is 12.8 Å². The summed E-state index contributed by atoms with van der Waals surface area (Å²) in [5.74, 6) is 0.720. The van der Waals surface area contributed by atoms with Crippen LogP contribution in [0.5, 0.6) is 5.75 Å². The Morgan fingerprint density at radius 1 is 1.24 bits per heavy atom. The summed E-state index contributed by atoms with van der Waals surface area (Å²) in [6, 6.07) is 3.18. The first-order valence-electron chi connectivity index (χ1n) is 6.65. The number of amides is 2. The van der Waals surface area contributed by atoms with E-state index in [4.69, 9.17) is 4.74 Å². The number of anilines is 1. The summed E-state index contributed by atoms with van der Waals surface area (Å²) in [5.41, 5.74) is 0.653. The predicted octanol–water partition coefficient (Wildman–Crippen LogP) is 2.46. The molecular weight excluding hydrogens is 404 g/mol. The summed E-state index contributed by atoms with van der Waals surface area (Å²) in [6.45, 7) is 0.0332. The fourth-order valence-corrected chi connectivity index (χ4v) is 3.87. The van der Waals surface area contributed by atoms with Crippen LogP contribution >= 0.6 is 31.9 Å². The van der Waals surface area contributed by atoms with E-state index in [0.29, 0.717) is 11.4 Å². The summed E-state index contributed by atoms with van der Waals surface area (Å²) in [6.07, 6.45) is 1.99. The number of carbonyl (C=O) groups excluding carboxylic acids is 2. The van der Waals surface area contributed by atoms with Gasteiger partial charge >= 0.3 is 0 Å². The molecule has 0 spiro atoms. The monoisotopic (exact) mass is 416 g/mol. The molecule has 2 aliphatic rings. The summed E-state index contributed by atoms with van der Waals surface area (Å²) >= 11 is 6.85. The number of nitrogens with zero attached hydrogens (tertiary/aromatic N) is 1. The molecular formula is C14H14Br2N2O3. The molecule has 1 aliphatic heterocycles. The highest BCUT2D eigenvalue weighted by molar-refractivity contribution is 9.11. The highest BCUT2D eigenvalue weighted by Gasteiger charge is 2.43. The zero-order chi connectivity index (χ0) is 15.1. The third-order valence-corrected chi connectivity index (χ3v) is 5.01. The summed E-state index contributed by atoms with van der Waals surface area (Å²) in [4.78, 5) is 26.1. The number of methoxy groups -OCH3 is 1. The number of carbonyl (C=O) groups is 2. The Bertz CT molecular complexity index is 616. The van der Waals surface area contributed by atoms with Crippen molar-refractivity contribution in [2.24, 2.45) is 5.92 Å². The minimum Gasteiger partial charge on any atom is -0.495 e. The molecule has 112 valence electrons. The van der Waals surface area contributed by atoms with E-state index in [0.717, 1.165) is 21.8 Å². The number of ether oxygens (including phenoxy) is 1. The molecule has 3 rings (SSSR count). The fourth-order valence-electron chi connectivity index (χ4n) is 2.50. The van der Waals surface area contributed by atoms with Gasteiger partial charge in [0.15, 0.2) is 0 Å². The van der Waals surface area contributed by atoms with Crippen molar-refractivity contribution in [2.75, 3.05) is 18.6 Å². The number of halogens is 2. The van der Waals surface area contributed by atoms with E-state index >= 15 is 0 Å². The minimum absolute atomic E-state index is 0.0332. The maximum Gasteiger partial charge on any atom is 0.250 e. The van der Waals surface area contributed by atoms with Crippen molar-refractivity contribution in [1.29, 1.82) is 0 Å². The molecule has 1 aromatic carbocycles. The maximum atomic E-state index is 12.6. The minimum atomic E-state index is -0.396. The quantitative estimate of drug-likeness (QED) is 0.821. The number of rotatable bonds is 3. The van der Waals surface area contributed by atoms with Crippen LogP contribution in [0.4, 0.5) is 5.69 Å². The second-order valence-corrected chi connectivity index (χ2v) is 6.95. The number of nitrogens with one attached hydrogen (secondary N) is 1. The van der Waals surface area contributed by atoms with E-state index in [1.54, 1.807) is 13.2 Å². The first kappa shape index (κ1) is 14.8. The molecule has 1 aliphatic carbocycles. The van der Waals surface area contributed by atoms with E-state index < -0.39 is 6.04 Å². The summed E-state index contributed by atoms with van der Waals surface area (Å²) in [5, 5.41) is 2.80. The lowest BCUT2D eigenvalue weighted by atomic mass is 10.1. The second kappa shape index (κ2) is 5.61. The lowest BCUT2D eigenvalue weighted by molar-refractivity contribution is -0.131. The van der Waals surface area contributed by atoms with Gasteiger partial charge in [-0.1, -0.05) is 0 Å². The average Bonchev–Trinajstić information content (AvgIpc) is 3.26. The smallest absolute Gasteiger partial charge is 0.250 e. The molecule has 5 nitrogen and oxygen atoms in total. The van der Waals surface area contributed by atoms with Crippen molar-refractivity contribution in [1.82, 2.24) is 5.32 Å². The van der Waals surface area contributed by atoms with Crippen molar-refractivity contribution in [3.63, 3.8) is 0 Å². The predicted molar refractivity (Wildman–Crippen MR) is 85.4 cm³/mol. The van der Waals surface area contributed by atoms with Crippen LogP contribution in [-0.4, -0.2) is 31.5 Å². The molecule has 1 heterocycles. The van der Waals surface area contributed by atoms with E-state index in [1.165, 1.54) is 4.90 Å². The lowest BCUT2D eigenvalue weighted by Gasteiger charge is -2.33. The molecule has 1 N–H and O–H groups in total. The van der Waals surface area contributed by atoms with E-state index in [-0.39, 0.29) is 24.3 Å². The van der Waals surface area contributed by atoms with Crippen LogP contribution in [0.2, 0.25) is 0 Å². The van der Waals surface area contributed by atoms with Crippen LogP contribution in [-0.2, 0) is 9.59 Å². The number of hydrogen-bond acceptors (Lipinski definition) is 3. The van der Waals surface area contributed by atoms with Crippen LogP contribution < -0.4 is 15.0 Å². The topological polar surface area (TPSA) is 58.6 Å². The van der Waals surface area contributed by atoms with Gasteiger partial charge in [0, 0.05) is 10.5 Å². The van der Waals surface area contributed by atoms with Gasteiger partial charge < -0.3 is 10.1 Å². The Balaban J connectivity index is 1.98. The normalized spacial score (nSPS) is 22.2. The van der Waals surface area contributed by atoms with Gasteiger partial charge in [-0.3, -0.25) is 14.5 Å². The number of benzene rings is 1. The van der Waals surface area contributed by atoms with Crippen molar-refractivity contribution in [3.8, 4) is 5.75 Å². The summed E-state index contributed by atoms with van der Waals surface area (Å²) < 4.78 is 6.80. The van der Waals surface area contributed by atoms with Gasteiger partial charge in [0.05, 0.1) is 17.3 Å². The Morgan fingerprint density at radius 2 is 1.95 bits per heavy atom. The summed E-state index contributed by atoms with van der Waals surface area (Å²) in [7, 11) is 1.56. The van der Waals surface area contributed by atoms with Crippen molar-refractivity contribution >= 4 is 49.4 Å². The largest absolute Gasteiger partial charge is 0.495 e. The zero-order valence-corrected chi connectivity index (χ0v) is 14.5. The number of piperazine rings is 1. The number of hydrogen-bond donors (Lipinski definition) is 1. The molecule has 21 heavy (non-hydrogen) atoms. The standard InChI is InChI=1S/C14H14Br2N2O3/c1-21-11-5-10(8(15)4-9(11)16)18-6-12(19)17-13(14(18)20)7-2-3-7/h4-5,7,13H,2-3,6H2,1H3,(H,17,19). The molecule has 2 amide bonds. The molecule has 1 unspecified atom stereocenters. The van der Waals surface area contributed by atoms with Gasteiger partial charge in [-0.15, -0.1) is 0 Å². The maximum absolute atomic E-state index is 12.6. The molecule has 2 fully saturated rings. The molecule has 1 aromatic rings. The first-order chi connectivity index (χ1) is 10.0. The highest BCUT2D eigenvalue weighted by atomic mass is 79.9. The van der Waals surface area contributed by atoms with Crippen LogP contribution in [0.25, 0.3) is 0 Å². The lowest BCUT2D eigenvalue weighted by Crippen LogP contribution is -2.59. The van der Waals surface area contributed by atoms with E-state index in [2.05, 4.69) is 37.2 Å². The van der Waals surface area contributed by atoms with Gasteiger partial charge in [0.25, 0.3) is 0 Å². The molecule has 0 aromatic heterocycles.